The average molecular weight is 541 g/mol. The van der Waals surface area contributed by atoms with Crippen molar-refractivity contribution in [3.8, 4) is 11.3 Å². The number of halogens is 3. The SMILES string of the molecule is CCC(CO)Nc1nc(NCc2ccc(-c3ccccn3)cc2)c2ncn(C(C)C)c2n1.Cl.Cl.Cl. The number of nitrogens with zero attached hydrogens (tertiary/aromatic N) is 5. The van der Waals surface area contributed by atoms with Gasteiger partial charge >= 0.3 is 0 Å². The first-order chi connectivity index (χ1) is 15.6. The number of benzene rings is 1. The summed E-state index contributed by atoms with van der Waals surface area (Å²) in [7, 11) is 0. The highest BCUT2D eigenvalue weighted by atomic mass is 35.5. The van der Waals surface area contributed by atoms with Crippen molar-refractivity contribution in [2.45, 2.75) is 45.8 Å². The summed E-state index contributed by atoms with van der Waals surface area (Å²) in [6.07, 6.45) is 4.36. The first-order valence-electron chi connectivity index (χ1n) is 10.9. The molecule has 4 aromatic rings. The third-order valence-corrected chi connectivity index (χ3v) is 5.40. The number of aromatic nitrogens is 5. The minimum Gasteiger partial charge on any atom is -0.394 e. The Labute approximate surface area is 224 Å². The van der Waals surface area contributed by atoms with E-state index in [1.54, 1.807) is 12.5 Å². The van der Waals surface area contributed by atoms with Crippen molar-refractivity contribution in [2.75, 3.05) is 17.2 Å². The van der Waals surface area contributed by atoms with Gasteiger partial charge < -0.3 is 20.3 Å². The van der Waals surface area contributed by atoms with Gasteiger partial charge in [0.15, 0.2) is 17.0 Å². The molecule has 0 amide bonds. The first kappa shape index (κ1) is 30.4. The predicted octanol–water partition coefficient (Wildman–Crippen LogP) is 5.53. The van der Waals surface area contributed by atoms with E-state index in [0.717, 1.165) is 34.4 Å². The summed E-state index contributed by atoms with van der Waals surface area (Å²) in [4.78, 5) is 18.3. The van der Waals surface area contributed by atoms with Gasteiger partial charge in [-0.25, -0.2) is 4.98 Å². The second kappa shape index (κ2) is 14.0. The fourth-order valence-corrected chi connectivity index (χ4v) is 3.45. The molecule has 3 aromatic heterocycles. The van der Waals surface area contributed by atoms with E-state index in [1.807, 2.05) is 29.7 Å². The van der Waals surface area contributed by atoms with Gasteiger partial charge in [0.1, 0.15) is 0 Å². The molecule has 4 rings (SSSR count). The largest absolute Gasteiger partial charge is 0.394 e. The van der Waals surface area contributed by atoms with Gasteiger partial charge in [-0.2, -0.15) is 9.97 Å². The van der Waals surface area contributed by atoms with Crippen LogP contribution in [0.1, 0.15) is 38.8 Å². The quantitative estimate of drug-likeness (QED) is 0.257. The number of anilines is 2. The van der Waals surface area contributed by atoms with Crippen LogP contribution in [-0.2, 0) is 6.54 Å². The van der Waals surface area contributed by atoms with E-state index in [0.29, 0.717) is 18.3 Å². The summed E-state index contributed by atoms with van der Waals surface area (Å²) in [6.45, 7) is 6.81. The summed E-state index contributed by atoms with van der Waals surface area (Å²) < 4.78 is 2.02. The zero-order valence-electron chi connectivity index (χ0n) is 19.9. The molecule has 0 radical (unpaired) electrons. The molecule has 0 fully saturated rings. The van der Waals surface area contributed by atoms with Crippen molar-refractivity contribution >= 4 is 60.2 Å². The molecule has 3 heterocycles. The molecule has 0 saturated carbocycles. The number of fused-ring (bicyclic) bond motifs is 1. The molecule has 35 heavy (non-hydrogen) atoms. The molecule has 1 atom stereocenters. The highest BCUT2D eigenvalue weighted by molar-refractivity contribution is 5.86. The lowest BCUT2D eigenvalue weighted by Crippen LogP contribution is -2.24. The fraction of sp³-hybridized carbons (Fsp3) is 0.333. The van der Waals surface area contributed by atoms with E-state index in [4.69, 9.17) is 0 Å². The monoisotopic (exact) mass is 539 g/mol. The van der Waals surface area contributed by atoms with Crippen LogP contribution in [0.4, 0.5) is 11.8 Å². The minimum atomic E-state index is -0.102. The van der Waals surface area contributed by atoms with Crippen molar-refractivity contribution < 1.29 is 5.11 Å². The van der Waals surface area contributed by atoms with Gasteiger partial charge in [-0.05, 0) is 38.0 Å². The van der Waals surface area contributed by atoms with Crippen molar-refractivity contribution in [3.05, 3.63) is 60.6 Å². The van der Waals surface area contributed by atoms with Crippen LogP contribution in [0.15, 0.2) is 55.0 Å². The number of imidazole rings is 1. The van der Waals surface area contributed by atoms with Crippen LogP contribution < -0.4 is 10.6 Å². The molecule has 8 nitrogen and oxygen atoms in total. The summed E-state index contributed by atoms with van der Waals surface area (Å²) in [5.74, 6) is 1.15. The van der Waals surface area contributed by atoms with Crippen LogP contribution in [0.3, 0.4) is 0 Å². The third kappa shape index (κ3) is 7.18. The van der Waals surface area contributed by atoms with Gasteiger partial charge in [-0.3, -0.25) is 4.98 Å². The van der Waals surface area contributed by atoms with Gasteiger partial charge in [-0.15, -0.1) is 37.2 Å². The lowest BCUT2D eigenvalue weighted by atomic mass is 10.1. The molecule has 11 heteroatoms. The zero-order valence-corrected chi connectivity index (χ0v) is 22.3. The zero-order chi connectivity index (χ0) is 22.5. The second-order valence-electron chi connectivity index (χ2n) is 8.01. The Morgan fingerprint density at radius 2 is 1.71 bits per heavy atom. The minimum absolute atomic E-state index is 0. The summed E-state index contributed by atoms with van der Waals surface area (Å²) in [5, 5.41) is 16.2. The van der Waals surface area contributed by atoms with E-state index in [9.17, 15) is 5.11 Å². The predicted molar refractivity (Wildman–Crippen MR) is 149 cm³/mol. The van der Waals surface area contributed by atoms with Crippen LogP contribution in [0.25, 0.3) is 22.4 Å². The molecule has 1 unspecified atom stereocenters. The molecule has 190 valence electrons. The highest BCUT2D eigenvalue weighted by Crippen LogP contribution is 2.25. The maximum Gasteiger partial charge on any atom is 0.227 e. The lowest BCUT2D eigenvalue weighted by Gasteiger charge is -2.16. The van der Waals surface area contributed by atoms with Crippen molar-refractivity contribution in [1.82, 2.24) is 24.5 Å². The number of aliphatic hydroxyl groups is 1. The van der Waals surface area contributed by atoms with Crippen LogP contribution in [-0.4, -0.2) is 42.3 Å². The summed E-state index contributed by atoms with van der Waals surface area (Å²) in [6, 6.07) is 14.3. The Bertz CT molecular complexity index is 1170. The van der Waals surface area contributed by atoms with E-state index in [1.165, 1.54) is 0 Å². The first-order valence-corrected chi connectivity index (χ1v) is 10.9. The maximum absolute atomic E-state index is 9.57. The molecule has 0 aliphatic rings. The van der Waals surface area contributed by atoms with Gasteiger partial charge in [0.05, 0.1) is 24.7 Å². The Hall–Kier alpha value is -2.65. The van der Waals surface area contributed by atoms with Crippen LogP contribution >= 0.6 is 37.2 Å². The molecule has 0 aliphatic heterocycles. The van der Waals surface area contributed by atoms with E-state index >= 15 is 0 Å². The van der Waals surface area contributed by atoms with Crippen LogP contribution in [0.5, 0.6) is 0 Å². The Morgan fingerprint density at radius 1 is 0.971 bits per heavy atom. The number of rotatable bonds is 9. The number of aliphatic hydroxyl groups excluding tert-OH is 1. The third-order valence-electron chi connectivity index (χ3n) is 5.40. The molecular weight excluding hydrogens is 509 g/mol. The van der Waals surface area contributed by atoms with Gasteiger partial charge in [0, 0.05) is 24.3 Å². The molecule has 0 bridgehead atoms. The standard InChI is InChI=1S/C24H29N7O.3ClH/c1-4-19(14-32)28-24-29-22(21-23(30-24)31(15-27-21)16(2)3)26-13-17-8-10-18(11-9-17)20-7-5-6-12-25-20;;;/h5-12,15-16,19,32H,4,13-14H2,1-3H3,(H2,26,28,29,30);3*1H. The number of hydrogen-bond donors (Lipinski definition) is 3. The van der Waals surface area contributed by atoms with E-state index in [-0.39, 0.29) is 55.9 Å². The number of nitrogens with one attached hydrogen (secondary N) is 2. The highest BCUT2D eigenvalue weighted by Gasteiger charge is 2.16. The topological polar surface area (TPSA) is 101 Å². The van der Waals surface area contributed by atoms with Crippen molar-refractivity contribution in [3.63, 3.8) is 0 Å². The van der Waals surface area contributed by atoms with Gasteiger partial charge in [0.25, 0.3) is 0 Å². The van der Waals surface area contributed by atoms with Crippen molar-refractivity contribution in [2.24, 2.45) is 0 Å². The number of pyridine rings is 1. The summed E-state index contributed by atoms with van der Waals surface area (Å²) >= 11 is 0. The van der Waals surface area contributed by atoms with Crippen LogP contribution in [0.2, 0.25) is 0 Å². The maximum atomic E-state index is 9.57. The summed E-state index contributed by atoms with van der Waals surface area (Å²) in [5.41, 5.74) is 4.64. The number of hydrogen-bond acceptors (Lipinski definition) is 7. The Morgan fingerprint density at radius 3 is 2.31 bits per heavy atom. The van der Waals surface area contributed by atoms with Crippen LogP contribution in [0, 0.1) is 0 Å². The molecule has 3 N–H and O–H groups in total. The fourth-order valence-electron chi connectivity index (χ4n) is 3.45. The molecule has 0 saturated heterocycles. The van der Waals surface area contributed by atoms with E-state index in [2.05, 4.69) is 68.7 Å². The van der Waals surface area contributed by atoms with Gasteiger partial charge in [-0.1, -0.05) is 37.3 Å². The van der Waals surface area contributed by atoms with Gasteiger partial charge in [0.2, 0.25) is 5.95 Å². The van der Waals surface area contributed by atoms with Crippen molar-refractivity contribution in [1.29, 1.82) is 0 Å². The molecular formula is C24H32Cl3N7O. The second-order valence-corrected chi connectivity index (χ2v) is 8.01. The normalized spacial score (nSPS) is 11.2. The van der Waals surface area contributed by atoms with E-state index < -0.39 is 0 Å². The Balaban J connectivity index is 0.00000204. The smallest absolute Gasteiger partial charge is 0.227 e. The molecule has 0 spiro atoms. The molecule has 1 aromatic carbocycles. The Kier molecular flexibility index (Phi) is 12.2. The molecule has 0 aliphatic carbocycles. The average Bonchev–Trinajstić information content (AvgIpc) is 3.26. The lowest BCUT2D eigenvalue weighted by molar-refractivity contribution is 0.271.